The number of nitrogens with two attached hydrogens (primary N) is 1. The zero-order chi connectivity index (χ0) is 33.5. The first-order valence-corrected chi connectivity index (χ1v) is 16.2. The molecule has 1 aromatic carbocycles. The van der Waals surface area contributed by atoms with Gasteiger partial charge in [0.2, 0.25) is 29.5 Å². The molecule has 7 amide bonds. The molecule has 1 aliphatic rings. The molecule has 1 aliphatic heterocycles. The van der Waals surface area contributed by atoms with Crippen molar-refractivity contribution in [1.29, 1.82) is 0 Å². The molecule has 13 heteroatoms. The Morgan fingerprint density at radius 3 is 2.27 bits per heavy atom. The van der Waals surface area contributed by atoms with Gasteiger partial charge in [-0.05, 0) is 49.7 Å². The minimum absolute atomic E-state index is 0.0941. The number of anilines is 1. The van der Waals surface area contributed by atoms with Gasteiger partial charge in [-0.25, -0.2) is 4.79 Å². The van der Waals surface area contributed by atoms with Crippen LogP contribution in [-0.4, -0.2) is 73.5 Å². The standard InChI is InChI=1S/C32H51BN6O6/c1-5-21(4)24-18-27(41)39(31(24)44)17-8-6-7-11-26(40)38-28(20(2)3)30(43)37-25(10-9-16-35-32(34)45)29(42)36-23-14-12-22(19-33)13-15-23/h12-15,20-21,24-25,28H,5-11,16-19,33H2,1-4H3,(H,36,42)(H,37,43)(H,38,40)(H3,34,35,45)/t21?,24?,25-,28?/m0/s1. The molecule has 4 atom stereocenters. The summed E-state index contributed by atoms with van der Waals surface area (Å²) in [4.78, 5) is 76.7. The highest BCUT2D eigenvalue weighted by molar-refractivity contribution is 6.08. The lowest BCUT2D eigenvalue weighted by Gasteiger charge is -2.25. The number of rotatable bonds is 19. The lowest BCUT2D eigenvalue weighted by molar-refractivity contribution is -0.140. The topological polar surface area (TPSA) is 180 Å². The van der Waals surface area contributed by atoms with Crippen molar-refractivity contribution in [2.75, 3.05) is 18.4 Å². The first kappa shape index (κ1) is 37.3. The second kappa shape index (κ2) is 18.8. The highest BCUT2D eigenvalue weighted by Gasteiger charge is 2.40. The highest BCUT2D eigenvalue weighted by Crippen LogP contribution is 2.28. The Balaban J connectivity index is 1.90. The van der Waals surface area contributed by atoms with E-state index < -0.39 is 29.9 Å². The Morgan fingerprint density at radius 1 is 0.978 bits per heavy atom. The molecule has 2 rings (SSSR count). The predicted octanol–water partition coefficient (Wildman–Crippen LogP) is 1.81. The zero-order valence-electron chi connectivity index (χ0n) is 27.4. The number of urea groups is 1. The van der Waals surface area contributed by atoms with E-state index in [0.29, 0.717) is 37.9 Å². The maximum Gasteiger partial charge on any atom is 0.312 e. The largest absolute Gasteiger partial charge is 0.352 e. The Morgan fingerprint density at radius 2 is 1.67 bits per heavy atom. The fraction of sp³-hybridized carbons (Fsp3) is 0.625. The predicted molar refractivity (Wildman–Crippen MR) is 176 cm³/mol. The number of hydrogen-bond acceptors (Lipinski definition) is 6. The minimum Gasteiger partial charge on any atom is -0.352 e. The minimum atomic E-state index is -0.910. The number of unbranched alkanes of at least 4 members (excludes halogenated alkanes) is 2. The van der Waals surface area contributed by atoms with Crippen LogP contribution in [0.2, 0.25) is 0 Å². The van der Waals surface area contributed by atoms with E-state index in [-0.39, 0.29) is 61.3 Å². The van der Waals surface area contributed by atoms with Crippen molar-refractivity contribution in [3.05, 3.63) is 29.8 Å². The molecule has 12 nitrogen and oxygen atoms in total. The van der Waals surface area contributed by atoms with Crippen molar-refractivity contribution in [2.45, 2.75) is 97.5 Å². The van der Waals surface area contributed by atoms with Crippen LogP contribution < -0.4 is 27.0 Å². The molecule has 1 aromatic rings. The number of carbonyl (C=O) groups is 6. The van der Waals surface area contributed by atoms with Gasteiger partial charge in [0.15, 0.2) is 0 Å². The van der Waals surface area contributed by atoms with Crippen LogP contribution in [0, 0.1) is 17.8 Å². The molecule has 6 N–H and O–H groups in total. The molecule has 0 saturated carbocycles. The number of primary amides is 1. The molecule has 0 aliphatic carbocycles. The van der Waals surface area contributed by atoms with Crippen molar-refractivity contribution < 1.29 is 28.8 Å². The van der Waals surface area contributed by atoms with Gasteiger partial charge in [-0.3, -0.25) is 28.9 Å². The van der Waals surface area contributed by atoms with Gasteiger partial charge < -0.3 is 27.0 Å². The first-order valence-electron chi connectivity index (χ1n) is 16.2. The van der Waals surface area contributed by atoms with Gasteiger partial charge in [-0.1, -0.05) is 64.6 Å². The lowest BCUT2D eigenvalue weighted by Crippen LogP contribution is -2.54. The highest BCUT2D eigenvalue weighted by atomic mass is 16.2. The van der Waals surface area contributed by atoms with E-state index in [1.165, 1.54) is 4.90 Å². The number of nitrogens with zero attached hydrogens (tertiary/aromatic N) is 1. The van der Waals surface area contributed by atoms with Gasteiger partial charge in [0.1, 0.15) is 19.9 Å². The Kier molecular flexibility index (Phi) is 15.6. The fourth-order valence-electron chi connectivity index (χ4n) is 5.29. The second-order valence-corrected chi connectivity index (χ2v) is 12.2. The van der Waals surface area contributed by atoms with E-state index in [1.54, 1.807) is 12.1 Å². The first-order chi connectivity index (χ1) is 21.4. The monoisotopic (exact) mass is 626 g/mol. The third-order valence-electron chi connectivity index (χ3n) is 8.39. The summed E-state index contributed by atoms with van der Waals surface area (Å²) in [6, 6.07) is 4.98. The molecular formula is C32H51BN6O6. The van der Waals surface area contributed by atoms with Crippen LogP contribution in [0.25, 0.3) is 0 Å². The van der Waals surface area contributed by atoms with Gasteiger partial charge in [0.05, 0.1) is 0 Å². The average Bonchev–Trinajstić information content (AvgIpc) is 3.29. The molecule has 3 unspecified atom stereocenters. The second-order valence-electron chi connectivity index (χ2n) is 12.2. The fourth-order valence-corrected chi connectivity index (χ4v) is 5.29. The van der Waals surface area contributed by atoms with Gasteiger partial charge in [-0.2, -0.15) is 0 Å². The van der Waals surface area contributed by atoms with Crippen LogP contribution in [0.3, 0.4) is 0 Å². The molecule has 1 saturated heterocycles. The third-order valence-corrected chi connectivity index (χ3v) is 8.39. The normalized spacial score (nSPS) is 16.6. The summed E-state index contributed by atoms with van der Waals surface area (Å²) in [5.41, 5.74) is 6.85. The molecule has 1 fully saturated rings. The van der Waals surface area contributed by atoms with Crippen LogP contribution in [0.1, 0.15) is 84.6 Å². The van der Waals surface area contributed by atoms with E-state index in [2.05, 4.69) is 21.3 Å². The molecule has 0 radical (unpaired) electrons. The molecule has 0 aromatic heterocycles. The van der Waals surface area contributed by atoms with Gasteiger partial charge in [-0.15, -0.1) is 0 Å². The van der Waals surface area contributed by atoms with Crippen molar-refractivity contribution in [2.24, 2.45) is 23.5 Å². The maximum atomic E-state index is 13.3. The Bertz CT molecular complexity index is 1180. The SMILES string of the molecule is BCc1ccc(NC(=O)[C@H](CCCNC(N)=O)NC(=O)C(NC(=O)CCCCCN2C(=O)CC(C(C)CC)C2=O)C(C)C)cc1. The van der Waals surface area contributed by atoms with E-state index in [1.807, 2.05) is 47.7 Å². The number of nitrogens with one attached hydrogen (secondary N) is 4. The Hall–Kier alpha value is -3.90. The number of carbonyl (C=O) groups excluding carboxylic acids is 6. The number of likely N-dealkylation sites (tertiary alicyclic amines) is 1. The smallest absolute Gasteiger partial charge is 0.312 e. The molecule has 0 spiro atoms. The number of hydrogen-bond donors (Lipinski definition) is 5. The van der Waals surface area contributed by atoms with E-state index >= 15 is 0 Å². The molecule has 248 valence electrons. The number of benzene rings is 1. The maximum absolute atomic E-state index is 13.3. The van der Waals surface area contributed by atoms with E-state index in [0.717, 1.165) is 18.3 Å². The van der Waals surface area contributed by atoms with Crippen LogP contribution in [-0.2, 0) is 30.3 Å². The molecular weight excluding hydrogens is 575 g/mol. The van der Waals surface area contributed by atoms with E-state index in [9.17, 15) is 28.8 Å². The summed E-state index contributed by atoms with van der Waals surface area (Å²) in [7, 11) is 2.04. The van der Waals surface area contributed by atoms with Crippen molar-refractivity contribution in [1.82, 2.24) is 20.9 Å². The summed E-state index contributed by atoms with van der Waals surface area (Å²) < 4.78 is 0. The lowest BCUT2D eigenvalue weighted by atomic mass is 9.90. The molecule has 1 heterocycles. The van der Waals surface area contributed by atoms with Crippen LogP contribution in [0.4, 0.5) is 10.5 Å². The summed E-state index contributed by atoms with van der Waals surface area (Å²) in [5.74, 6) is -1.73. The summed E-state index contributed by atoms with van der Waals surface area (Å²) in [6.07, 6.45) is 4.59. The summed E-state index contributed by atoms with van der Waals surface area (Å²) in [5, 5.41) is 10.9. The van der Waals surface area contributed by atoms with Gasteiger partial charge in [0, 0.05) is 37.5 Å². The third kappa shape index (κ3) is 12.2. The van der Waals surface area contributed by atoms with Gasteiger partial charge >= 0.3 is 6.03 Å². The van der Waals surface area contributed by atoms with Crippen LogP contribution in [0.15, 0.2) is 24.3 Å². The van der Waals surface area contributed by atoms with E-state index in [4.69, 9.17) is 5.73 Å². The van der Waals surface area contributed by atoms with Crippen molar-refractivity contribution in [3.63, 3.8) is 0 Å². The number of amides is 7. The summed E-state index contributed by atoms with van der Waals surface area (Å²) >= 11 is 0. The Labute approximate surface area is 267 Å². The van der Waals surface area contributed by atoms with Crippen molar-refractivity contribution >= 4 is 49.1 Å². The average molecular weight is 627 g/mol. The summed E-state index contributed by atoms with van der Waals surface area (Å²) in [6.45, 7) is 8.21. The molecule has 45 heavy (non-hydrogen) atoms. The van der Waals surface area contributed by atoms with Crippen LogP contribution in [0.5, 0.6) is 0 Å². The molecule has 0 bridgehead atoms. The zero-order valence-corrected chi connectivity index (χ0v) is 27.4. The van der Waals surface area contributed by atoms with Gasteiger partial charge in [0.25, 0.3) is 0 Å². The quantitative estimate of drug-likeness (QED) is 0.0888. The number of imide groups is 1. The van der Waals surface area contributed by atoms with Crippen molar-refractivity contribution in [3.8, 4) is 0 Å². The van der Waals surface area contributed by atoms with Crippen LogP contribution >= 0.6 is 0 Å².